The number of amides is 2. The maximum atomic E-state index is 12.9. The van der Waals surface area contributed by atoms with Crippen molar-refractivity contribution in [2.24, 2.45) is 5.92 Å². The van der Waals surface area contributed by atoms with Crippen molar-refractivity contribution in [1.82, 2.24) is 0 Å². The quantitative estimate of drug-likeness (QED) is 0.633. The number of rotatable bonds is 8. The number of anilines is 2. The van der Waals surface area contributed by atoms with Crippen molar-refractivity contribution in [3.05, 3.63) is 42.0 Å². The van der Waals surface area contributed by atoms with E-state index in [0.29, 0.717) is 23.6 Å². The Hall–Kier alpha value is -3.07. The Balaban J connectivity index is 1.43. The number of benzene rings is 2. The Morgan fingerprint density at radius 1 is 1.09 bits per heavy atom. The van der Waals surface area contributed by atoms with Gasteiger partial charge < -0.3 is 19.7 Å². The molecule has 1 aliphatic heterocycles. The zero-order valence-electron chi connectivity index (χ0n) is 19.0. The average Bonchev–Trinajstić information content (AvgIpc) is 3.59. The van der Waals surface area contributed by atoms with Gasteiger partial charge in [-0.3, -0.25) is 9.59 Å². The molecule has 2 aliphatic rings. The van der Waals surface area contributed by atoms with Crippen LogP contribution in [-0.4, -0.2) is 46.2 Å². The summed E-state index contributed by atoms with van der Waals surface area (Å²) in [4.78, 5) is 27.0. The molecule has 1 N–H and O–H groups in total. The average molecular weight is 473 g/mol. The first kappa shape index (κ1) is 23.1. The molecule has 33 heavy (non-hydrogen) atoms. The molecule has 1 atom stereocenters. The van der Waals surface area contributed by atoms with Crippen LogP contribution in [0, 0.1) is 5.92 Å². The molecule has 4 rings (SSSR count). The summed E-state index contributed by atoms with van der Waals surface area (Å²) in [5.74, 6) is 0.473. The van der Waals surface area contributed by atoms with Crippen LogP contribution in [0.25, 0.3) is 0 Å². The predicted octanol–water partition coefficient (Wildman–Crippen LogP) is 3.19. The highest BCUT2D eigenvalue weighted by Crippen LogP contribution is 2.39. The van der Waals surface area contributed by atoms with Crippen molar-refractivity contribution in [2.45, 2.75) is 43.5 Å². The molecule has 176 valence electrons. The van der Waals surface area contributed by atoms with E-state index in [1.165, 1.54) is 20.3 Å². The number of nitrogens with zero attached hydrogens (tertiary/aromatic N) is 1. The number of sulfone groups is 1. The number of fused-ring (bicyclic) bond motifs is 1. The summed E-state index contributed by atoms with van der Waals surface area (Å²) in [6.45, 7) is 1.98. The van der Waals surface area contributed by atoms with Crippen LogP contribution in [0.2, 0.25) is 0 Å². The van der Waals surface area contributed by atoms with Gasteiger partial charge in [-0.2, -0.15) is 0 Å². The van der Waals surface area contributed by atoms with Gasteiger partial charge in [0.15, 0.2) is 9.84 Å². The van der Waals surface area contributed by atoms with Crippen molar-refractivity contribution in [3.8, 4) is 11.5 Å². The maximum absolute atomic E-state index is 12.9. The van der Waals surface area contributed by atoms with Gasteiger partial charge >= 0.3 is 0 Å². The van der Waals surface area contributed by atoms with Gasteiger partial charge in [0.05, 0.1) is 30.6 Å². The molecule has 0 saturated heterocycles. The van der Waals surface area contributed by atoms with E-state index in [1.807, 2.05) is 6.92 Å². The summed E-state index contributed by atoms with van der Waals surface area (Å²) < 4.78 is 36.2. The highest BCUT2D eigenvalue weighted by Gasteiger charge is 2.39. The van der Waals surface area contributed by atoms with Crippen LogP contribution in [-0.2, 0) is 25.8 Å². The molecule has 1 saturated carbocycles. The minimum absolute atomic E-state index is 0.0105. The van der Waals surface area contributed by atoms with E-state index in [-0.39, 0.29) is 34.9 Å². The van der Waals surface area contributed by atoms with Crippen LogP contribution in [0.3, 0.4) is 0 Å². The first-order valence-corrected chi connectivity index (χ1v) is 12.6. The van der Waals surface area contributed by atoms with E-state index in [2.05, 4.69) is 5.32 Å². The summed E-state index contributed by atoms with van der Waals surface area (Å²) >= 11 is 0. The molecule has 0 spiro atoms. The van der Waals surface area contributed by atoms with Crippen molar-refractivity contribution in [1.29, 1.82) is 0 Å². The lowest BCUT2D eigenvalue weighted by Crippen LogP contribution is -2.36. The first-order valence-electron chi connectivity index (χ1n) is 10.9. The van der Waals surface area contributed by atoms with Gasteiger partial charge in [0.1, 0.15) is 11.5 Å². The Labute approximate surface area is 193 Å². The van der Waals surface area contributed by atoms with Gasteiger partial charge in [-0.25, -0.2) is 8.42 Å². The molecule has 1 heterocycles. The van der Waals surface area contributed by atoms with Gasteiger partial charge in [0, 0.05) is 30.1 Å². The molecule has 0 unspecified atom stereocenters. The van der Waals surface area contributed by atoms with Gasteiger partial charge in [-0.05, 0) is 62.1 Å². The normalized spacial score (nSPS) is 17.4. The summed E-state index contributed by atoms with van der Waals surface area (Å²) in [6, 6.07) is 9.85. The summed E-state index contributed by atoms with van der Waals surface area (Å²) in [6.07, 6.45) is 2.27. The van der Waals surface area contributed by atoms with Crippen LogP contribution in [0.5, 0.6) is 11.5 Å². The Morgan fingerprint density at radius 3 is 2.52 bits per heavy atom. The van der Waals surface area contributed by atoms with Gasteiger partial charge in [-0.1, -0.05) is 0 Å². The summed E-state index contributed by atoms with van der Waals surface area (Å²) in [5, 5.41) is 2.69. The lowest BCUT2D eigenvalue weighted by molar-refractivity contribution is -0.120. The largest absolute Gasteiger partial charge is 0.497 e. The second kappa shape index (κ2) is 9.05. The summed E-state index contributed by atoms with van der Waals surface area (Å²) in [5.41, 5.74) is 2.08. The molecule has 9 heteroatoms. The fourth-order valence-corrected chi connectivity index (χ4v) is 5.41. The smallest absolute Gasteiger partial charge is 0.230 e. The van der Waals surface area contributed by atoms with E-state index in [4.69, 9.17) is 9.47 Å². The molecular formula is C24H28N2O6S. The lowest BCUT2D eigenvalue weighted by atomic mass is 10.1. The predicted molar refractivity (Wildman–Crippen MR) is 125 cm³/mol. The topological polar surface area (TPSA) is 102 Å². The number of hydrogen-bond donors (Lipinski definition) is 1. The van der Waals surface area contributed by atoms with Crippen molar-refractivity contribution in [2.75, 3.05) is 30.2 Å². The number of methoxy groups -OCH3 is 2. The molecule has 0 radical (unpaired) electrons. The molecule has 8 nitrogen and oxygen atoms in total. The number of nitrogens with one attached hydrogen (secondary N) is 1. The van der Waals surface area contributed by atoms with Gasteiger partial charge in [0.2, 0.25) is 11.8 Å². The van der Waals surface area contributed by atoms with Crippen LogP contribution in [0.15, 0.2) is 41.3 Å². The Morgan fingerprint density at radius 2 is 1.85 bits per heavy atom. The van der Waals surface area contributed by atoms with E-state index in [9.17, 15) is 18.0 Å². The Kier molecular flexibility index (Phi) is 6.34. The number of carbonyl (C=O) groups excluding carboxylic acids is 2. The zero-order chi connectivity index (χ0) is 23.8. The SMILES string of the molecule is COc1ccc(NC(=O)CCS(=O)(=O)c2ccc3c(c2)C[C@H](C)N3C(=O)C2CC2)c(OC)c1. The number of ether oxygens (including phenoxy) is 2. The van der Waals surface area contributed by atoms with Crippen LogP contribution >= 0.6 is 0 Å². The third kappa shape index (κ3) is 4.83. The van der Waals surface area contributed by atoms with Crippen LogP contribution in [0.1, 0.15) is 31.7 Å². The minimum Gasteiger partial charge on any atom is -0.497 e. The van der Waals surface area contributed by atoms with Gasteiger partial charge in [0.25, 0.3) is 0 Å². The number of carbonyl (C=O) groups is 2. The molecule has 1 aliphatic carbocycles. The monoisotopic (exact) mass is 472 g/mol. The lowest BCUT2D eigenvalue weighted by Gasteiger charge is -2.22. The third-order valence-corrected chi connectivity index (χ3v) is 7.78. The molecule has 0 aromatic heterocycles. The highest BCUT2D eigenvalue weighted by molar-refractivity contribution is 7.91. The second-order valence-corrected chi connectivity index (χ2v) is 10.6. The third-order valence-electron chi connectivity index (χ3n) is 6.07. The maximum Gasteiger partial charge on any atom is 0.230 e. The zero-order valence-corrected chi connectivity index (χ0v) is 19.8. The molecule has 2 amide bonds. The molecule has 0 bridgehead atoms. The number of hydrogen-bond acceptors (Lipinski definition) is 6. The van der Waals surface area contributed by atoms with E-state index in [0.717, 1.165) is 24.1 Å². The van der Waals surface area contributed by atoms with Crippen molar-refractivity contribution in [3.63, 3.8) is 0 Å². The van der Waals surface area contributed by atoms with Crippen LogP contribution in [0.4, 0.5) is 11.4 Å². The molecule has 2 aromatic carbocycles. The minimum atomic E-state index is -3.67. The fraction of sp³-hybridized carbons (Fsp3) is 0.417. The van der Waals surface area contributed by atoms with E-state index < -0.39 is 15.7 Å². The van der Waals surface area contributed by atoms with E-state index >= 15 is 0 Å². The standard InChI is InChI=1S/C24H28N2O6S/c1-15-12-17-13-19(7-9-21(17)26(15)24(28)16-4-5-16)33(29,30)11-10-23(27)25-20-8-6-18(31-2)14-22(20)32-3/h6-9,13-16H,4-5,10-12H2,1-3H3,(H,25,27)/t15-/m0/s1. The van der Waals surface area contributed by atoms with Crippen molar-refractivity contribution >= 4 is 33.0 Å². The first-order chi connectivity index (χ1) is 15.7. The van der Waals surface area contributed by atoms with E-state index in [1.54, 1.807) is 35.2 Å². The van der Waals surface area contributed by atoms with Crippen molar-refractivity contribution < 1.29 is 27.5 Å². The summed E-state index contributed by atoms with van der Waals surface area (Å²) in [7, 11) is -0.667. The highest BCUT2D eigenvalue weighted by atomic mass is 32.2. The van der Waals surface area contributed by atoms with Gasteiger partial charge in [-0.15, -0.1) is 0 Å². The molecule has 1 fully saturated rings. The second-order valence-electron chi connectivity index (χ2n) is 8.51. The molecule has 2 aromatic rings. The fourth-order valence-electron chi connectivity index (χ4n) is 4.12. The van der Waals surface area contributed by atoms with Crippen LogP contribution < -0.4 is 19.7 Å². The molecular weight excluding hydrogens is 444 g/mol. The Bertz CT molecular complexity index is 1190.